The zero-order valence-corrected chi connectivity index (χ0v) is 19.7. The van der Waals surface area contributed by atoms with Crippen molar-refractivity contribution < 1.29 is 14.6 Å². The van der Waals surface area contributed by atoms with Gasteiger partial charge in [-0.1, -0.05) is 20.8 Å². The Morgan fingerprint density at radius 3 is 2.62 bits per heavy atom. The first kappa shape index (κ1) is 20.9. The van der Waals surface area contributed by atoms with Crippen molar-refractivity contribution in [1.29, 1.82) is 0 Å². The third kappa shape index (κ3) is 3.18. The van der Waals surface area contributed by atoms with Gasteiger partial charge < -0.3 is 14.4 Å². The van der Waals surface area contributed by atoms with E-state index >= 15 is 0 Å². The summed E-state index contributed by atoms with van der Waals surface area (Å²) in [5.74, 6) is -0.294. The Bertz CT molecular complexity index is 1310. The second-order valence-corrected chi connectivity index (χ2v) is 11.1. The third-order valence-corrected chi connectivity index (χ3v) is 7.13. The first-order chi connectivity index (χ1) is 15.0. The van der Waals surface area contributed by atoms with Crippen LogP contribution < -0.4 is 10.2 Å². The average Bonchev–Trinajstić information content (AvgIpc) is 3.32. The van der Waals surface area contributed by atoms with Crippen molar-refractivity contribution in [2.24, 2.45) is 5.41 Å². The SMILES string of the molecule is CC1(C)Cc2c3c(cc(-c4cnsc4)c2O1)-c1cc(=O)c(C(=O)O)cn1[C@H](C(C)(C)C)C3. The molecule has 0 unspecified atom stereocenters. The molecular formula is C25H26N2O4S. The Hall–Kier alpha value is -2.93. The number of carbonyl (C=O) groups is 1. The summed E-state index contributed by atoms with van der Waals surface area (Å²) in [4.78, 5) is 24.4. The number of hydrogen-bond donors (Lipinski definition) is 1. The summed E-state index contributed by atoms with van der Waals surface area (Å²) >= 11 is 1.39. The molecule has 2 aromatic heterocycles. The minimum Gasteiger partial charge on any atom is -0.487 e. The number of nitrogens with zero attached hydrogens (tertiary/aromatic N) is 2. The molecule has 166 valence electrons. The molecule has 4 heterocycles. The Kier molecular flexibility index (Phi) is 4.44. The smallest absolute Gasteiger partial charge is 0.341 e. The molecule has 0 fully saturated rings. The fourth-order valence-electron chi connectivity index (χ4n) is 5.01. The number of benzene rings is 1. The molecule has 1 N–H and O–H groups in total. The third-order valence-electron chi connectivity index (χ3n) is 6.54. The van der Waals surface area contributed by atoms with E-state index in [1.807, 2.05) is 16.1 Å². The summed E-state index contributed by atoms with van der Waals surface area (Å²) in [7, 11) is 0. The van der Waals surface area contributed by atoms with Crippen molar-refractivity contribution in [3.05, 3.63) is 56.8 Å². The summed E-state index contributed by atoms with van der Waals surface area (Å²) in [6.07, 6.45) is 4.89. The maximum Gasteiger partial charge on any atom is 0.341 e. The summed E-state index contributed by atoms with van der Waals surface area (Å²) in [5, 5.41) is 11.6. The molecule has 0 radical (unpaired) electrons. The molecule has 2 aliphatic rings. The van der Waals surface area contributed by atoms with E-state index in [1.165, 1.54) is 34.9 Å². The lowest BCUT2D eigenvalue weighted by atomic mass is 9.76. The molecule has 6 nitrogen and oxygen atoms in total. The Balaban J connectivity index is 1.85. The lowest BCUT2D eigenvalue weighted by Gasteiger charge is -2.39. The monoisotopic (exact) mass is 450 g/mol. The molecular weight excluding hydrogens is 424 g/mol. The van der Waals surface area contributed by atoms with Gasteiger partial charge >= 0.3 is 5.97 Å². The Labute approximate surface area is 190 Å². The van der Waals surface area contributed by atoms with Crippen LogP contribution in [0.25, 0.3) is 22.4 Å². The van der Waals surface area contributed by atoms with Gasteiger partial charge in [0.2, 0.25) is 0 Å². The van der Waals surface area contributed by atoms with Crippen LogP contribution in [0.4, 0.5) is 0 Å². The van der Waals surface area contributed by atoms with E-state index in [0.717, 1.165) is 41.0 Å². The van der Waals surface area contributed by atoms with Crippen molar-refractivity contribution in [2.75, 3.05) is 0 Å². The highest BCUT2D eigenvalue weighted by molar-refractivity contribution is 7.03. The molecule has 0 aliphatic carbocycles. The largest absolute Gasteiger partial charge is 0.487 e. The van der Waals surface area contributed by atoms with Crippen molar-refractivity contribution in [2.45, 2.75) is 59.1 Å². The van der Waals surface area contributed by atoms with Crippen LogP contribution in [-0.2, 0) is 12.8 Å². The van der Waals surface area contributed by atoms with Crippen LogP contribution in [-0.4, -0.2) is 25.6 Å². The van der Waals surface area contributed by atoms with Crippen LogP contribution in [0.1, 0.15) is 62.1 Å². The summed E-state index contributed by atoms with van der Waals surface area (Å²) in [5.41, 5.74) is 4.93. The average molecular weight is 451 g/mol. The maximum absolute atomic E-state index is 12.7. The fourth-order valence-corrected chi connectivity index (χ4v) is 5.55. The second-order valence-electron chi connectivity index (χ2n) is 10.4. The van der Waals surface area contributed by atoms with Gasteiger partial charge in [0.15, 0.2) is 5.43 Å². The topological polar surface area (TPSA) is 81.4 Å². The van der Waals surface area contributed by atoms with Crippen LogP contribution in [0, 0.1) is 5.41 Å². The van der Waals surface area contributed by atoms with E-state index in [1.54, 1.807) is 0 Å². The van der Waals surface area contributed by atoms with E-state index < -0.39 is 11.4 Å². The predicted octanol–water partition coefficient (Wildman–Crippen LogP) is 5.19. The first-order valence-electron chi connectivity index (χ1n) is 10.7. The minimum absolute atomic E-state index is 0.00479. The molecule has 2 aliphatic heterocycles. The Morgan fingerprint density at radius 1 is 1.25 bits per heavy atom. The number of carboxylic acid groups (broad SMARTS) is 1. The van der Waals surface area contributed by atoms with Gasteiger partial charge in [-0.3, -0.25) is 4.79 Å². The minimum atomic E-state index is -1.20. The van der Waals surface area contributed by atoms with Crippen molar-refractivity contribution in [3.8, 4) is 28.1 Å². The quantitative estimate of drug-likeness (QED) is 0.581. The Morgan fingerprint density at radius 2 is 2.00 bits per heavy atom. The normalized spacial score (nSPS) is 18.5. The van der Waals surface area contributed by atoms with Gasteiger partial charge in [-0.05, 0) is 48.8 Å². The molecule has 5 rings (SSSR count). The second kappa shape index (κ2) is 6.78. The number of pyridine rings is 1. The van der Waals surface area contributed by atoms with Crippen LogP contribution in [0.15, 0.2) is 34.7 Å². The number of ether oxygens (including phenoxy) is 1. The van der Waals surface area contributed by atoms with E-state index in [0.29, 0.717) is 0 Å². The highest BCUT2D eigenvalue weighted by Gasteiger charge is 2.40. The number of aromatic carboxylic acids is 1. The van der Waals surface area contributed by atoms with Crippen molar-refractivity contribution >= 4 is 17.5 Å². The van der Waals surface area contributed by atoms with Crippen LogP contribution in [0.2, 0.25) is 0 Å². The highest BCUT2D eigenvalue weighted by Crippen LogP contribution is 2.52. The fraction of sp³-hybridized carbons (Fsp3) is 0.400. The lowest BCUT2D eigenvalue weighted by molar-refractivity contribution is 0.0693. The van der Waals surface area contributed by atoms with Gasteiger partial charge in [0.1, 0.15) is 16.9 Å². The number of carboxylic acids is 1. The van der Waals surface area contributed by atoms with E-state index in [9.17, 15) is 14.7 Å². The molecule has 1 atom stereocenters. The number of rotatable bonds is 2. The molecule has 0 bridgehead atoms. The van der Waals surface area contributed by atoms with Crippen molar-refractivity contribution in [1.82, 2.24) is 8.94 Å². The first-order valence-corrected chi connectivity index (χ1v) is 11.6. The molecule has 7 heteroatoms. The standard InChI is InChI=1S/C25H26N2O4S/c1-24(2,3)21-7-15-16(19-8-20(28)18(23(29)30)11-27(19)21)6-14(13-10-26-32-12-13)22-17(15)9-25(4,5)31-22/h6,8,10-12,21H,7,9H2,1-5H3,(H,29,30)/t21-/m0/s1. The lowest BCUT2D eigenvalue weighted by Crippen LogP contribution is -2.33. The molecule has 1 aromatic carbocycles. The van der Waals surface area contributed by atoms with Gasteiger partial charge in [0.05, 0.1) is 5.69 Å². The predicted molar refractivity (Wildman–Crippen MR) is 125 cm³/mol. The number of hydrogen-bond acceptors (Lipinski definition) is 5. The number of aromatic nitrogens is 2. The van der Waals surface area contributed by atoms with Gasteiger partial charge in [0, 0.05) is 58.6 Å². The maximum atomic E-state index is 12.7. The molecule has 0 saturated heterocycles. The molecule has 3 aromatic rings. The van der Waals surface area contributed by atoms with Crippen molar-refractivity contribution in [3.63, 3.8) is 0 Å². The summed E-state index contributed by atoms with van der Waals surface area (Å²) < 4.78 is 12.7. The van der Waals surface area contributed by atoms with Gasteiger partial charge in [-0.15, -0.1) is 0 Å². The number of fused-ring (bicyclic) bond motifs is 5. The van der Waals surface area contributed by atoms with Crippen LogP contribution in [0.3, 0.4) is 0 Å². The highest BCUT2D eigenvalue weighted by atomic mass is 32.1. The van der Waals surface area contributed by atoms with E-state index in [-0.39, 0.29) is 22.6 Å². The van der Waals surface area contributed by atoms with Gasteiger partial charge in [-0.25, -0.2) is 9.17 Å². The van der Waals surface area contributed by atoms with Crippen LogP contribution in [0.5, 0.6) is 5.75 Å². The van der Waals surface area contributed by atoms with Gasteiger partial charge in [0.25, 0.3) is 0 Å². The molecule has 32 heavy (non-hydrogen) atoms. The van der Waals surface area contributed by atoms with Crippen LogP contribution >= 0.6 is 11.5 Å². The molecule has 0 saturated carbocycles. The van der Waals surface area contributed by atoms with Gasteiger partial charge in [-0.2, -0.15) is 0 Å². The molecule has 0 spiro atoms. The zero-order valence-electron chi connectivity index (χ0n) is 18.9. The summed E-state index contributed by atoms with van der Waals surface area (Å²) in [6.45, 7) is 10.6. The van der Waals surface area contributed by atoms with E-state index in [4.69, 9.17) is 4.74 Å². The molecule has 0 amide bonds. The summed E-state index contributed by atoms with van der Waals surface area (Å²) in [6, 6.07) is 3.58. The van der Waals surface area contributed by atoms with E-state index in [2.05, 4.69) is 45.1 Å². The zero-order chi connectivity index (χ0) is 23.0.